The van der Waals surface area contributed by atoms with Gasteiger partial charge in [-0.2, -0.15) is 5.10 Å². The van der Waals surface area contributed by atoms with Gasteiger partial charge in [-0.05, 0) is 19.8 Å². The Labute approximate surface area is 129 Å². The number of nitrogens with two attached hydrogens (primary N) is 1. The smallest absolute Gasteiger partial charge is 0.239 e. The molecule has 7 heteroatoms. The van der Waals surface area contributed by atoms with Crippen molar-refractivity contribution in [2.24, 2.45) is 11.7 Å². The van der Waals surface area contributed by atoms with Crippen molar-refractivity contribution in [3.63, 3.8) is 0 Å². The van der Waals surface area contributed by atoms with Crippen LogP contribution in [0, 0.1) is 5.92 Å². The van der Waals surface area contributed by atoms with Crippen molar-refractivity contribution >= 4 is 11.8 Å². The molecule has 22 heavy (non-hydrogen) atoms. The molecule has 3 heterocycles. The molecule has 0 bridgehead atoms. The van der Waals surface area contributed by atoms with Gasteiger partial charge in [0.1, 0.15) is 0 Å². The molecule has 0 aromatic carbocycles. The van der Waals surface area contributed by atoms with Gasteiger partial charge in [0, 0.05) is 43.9 Å². The molecular weight excluding hydrogens is 282 g/mol. The van der Waals surface area contributed by atoms with Gasteiger partial charge in [-0.3, -0.25) is 19.6 Å². The van der Waals surface area contributed by atoms with Crippen LogP contribution >= 0.6 is 0 Å². The number of aromatic nitrogens is 2. The first-order chi connectivity index (χ1) is 10.6. The molecule has 3 rings (SSSR count). The Bertz CT molecular complexity index is 570. The normalized spacial score (nSPS) is 23.9. The molecule has 2 aliphatic heterocycles. The fourth-order valence-electron chi connectivity index (χ4n) is 3.40. The summed E-state index contributed by atoms with van der Waals surface area (Å²) in [5.41, 5.74) is 7.73. The van der Waals surface area contributed by atoms with Crippen LogP contribution in [0.25, 0.3) is 0 Å². The number of carbonyl (C=O) groups is 2. The standard InChI is InChI=1S/C15H23N5O2/c1-10(19-6-4-13-12(9-19)7-17-18-13)15(22)20-5-2-3-11(8-20)14(16)21/h7,10-11H,2-6,8-9H2,1H3,(H2,16,21)(H,17,18). The van der Waals surface area contributed by atoms with Crippen molar-refractivity contribution in [2.75, 3.05) is 19.6 Å². The maximum atomic E-state index is 12.7. The van der Waals surface area contributed by atoms with E-state index in [4.69, 9.17) is 5.73 Å². The van der Waals surface area contributed by atoms with Gasteiger partial charge in [0.25, 0.3) is 0 Å². The van der Waals surface area contributed by atoms with E-state index in [0.717, 1.165) is 38.9 Å². The molecule has 0 aliphatic carbocycles. The van der Waals surface area contributed by atoms with E-state index in [0.29, 0.717) is 6.54 Å². The minimum atomic E-state index is -0.300. The average molecular weight is 305 g/mol. The zero-order valence-electron chi connectivity index (χ0n) is 12.9. The van der Waals surface area contributed by atoms with Gasteiger partial charge in [0.05, 0.1) is 18.2 Å². The summed E-state index contributed by atoms with van der Waals surface area (Å²) in [5.74, 6) is -0.407. The van der Waals surface area contributed by atoms with Crippen molar-refractivity contribution in [3.8, 4) is 0 Å². The fourth-order valence-corrected chi connectivity index (χ4v) is 3.40. The first-order valence-electron chi connectivity index (χ1n) is 7.89. The number of hydrogen-bond acceptors (Lipinski definition) is 4. The van der Waals surface area contributed by atoms with Crippen LogP contribution in [-0.4, -0.2) is 57.5 Å². The lowest BCUT2D eigenvalue weighted by Crippen LogP contribution is -2.52. The molecule has 1 fully saturated rings. The second-order valence-electron chi connectivity index (χ2n) is 6.30. The minimum absolute atomic E-state index is 0.0953. The van der Waals surface area contributed by atoms with Crippen LogP contribution in [0.4, 0.5) is 0 Å². The number of aromatic amines is 1. The van der Waals surface area contributed by atoms with Crippen LogP contribution in [0.15, 0.2) is 6.20 Å². The summed E-state index contributed by atoms with van der Waals surface area (Å²) in [6.45, 7) is 4.71. The van der Waals surface area contributed by atoms with Crippen molar-refractivity contribution < 1.29 is 9.59 Å². The molecule has 1 aromatic heterocycles. The number of hydrogen-bond donors (Lipinski definition) is 2. The number of nitrogens with zero attached hydrogens (tertiary/aromatic N) is 3. The van der Waals surface area contributed by atoms with Gasteiger partial charge >= 0.3 is 0 Å². The molecule has 2 amide bonds. The van der Waals surface area contributed by atoms with Crippen LogP contribution in [0.1, 0.15) is 31.0 Å². The Morgan fingerprint density at radius 3 is 3.05 bits per heavy atom. The summed E-state index contributed by atoms with van der Waals surface area (Å²) < 4.78 is 0. The Hall–Kier alpha value is -1.89. The zero-order valence-corrected chi connectivity index (χ0v) is 12.9. The first-order valence-corrected chi connectivity index (χ1v) is 7.89. The molecular formula is C15H23N5O2. The van der Waals surface area contributed by atoms with Crippen molar-refractivity contribution in [3.05, 3.63) is 17.5 Å². The van der Waals surface area contributed by atoms with Crippen molar-refractivity contribution in [2.45, 2.75) is 38.8 Å². The predicted octanol–water partition coefficient (Wildman–Crippen LogP) is -0.120. The molecule has 1 aromatic rings. The van der Waals surface area contributed by atoms with E-state index in [-0.39, 0.29) is 23.8 Å². The highest BCUT2D eigenvalue weighted by atomic mass is 16.2. The van der Waals surface area contributed by atoms with E-state index >= 15 is 0 Å². The number of amides is 2. The Morgan fingerprint density at radius 1 is 1.45 bits per heavy atom. The van der Waals surface area contributed by atoms with Gasteiger partial charge < -0.3 is 10.6 Å². The first kappa shape index (κ1) is 15.0. The summed E-state index contributed by atoms with van der Waals surface area (Å²) in [4.78, 5) is 28.1. The van der Waals surface area contributed by atoms with Crippen molar-refractivity contribution in [1.82, 2.24) is 20.0 Å². The van der Waals surface area contributed by atoms with E-state index in [9.17, 15) is 9.59 Å². The van der Waals surface area contributed by atoms with Gasteiger partial charge in [-0.25, -0.2) is 0 Å². The van der Waals surface area contributed by atoms with E-state index in [2.05, 4.69) is 15.1 Å². The third-order valence-corrected chi connectivity index (χ3v) is 4.87. The summed E-state index contributed by atoms with van der Waals surface area (Å²) in [6, 6.07) is -0.185. The molecule has 2 atom stereocenters. The molecule has 7 nitrogen and oxygen atoms in total. The largest absolute Gasteiger partial charge is 0.369 e. The second kappa shape index (κ2) is 6.08. The predicted molar refractivity (Wildman–Crippen MR) is 80.7 cm³/mol. The number of likely N-dealkylation sites (tertiary alicyclic amines) is 1. The summed E-state index contributed by atoms with van der Waals surface area (Å²) >= 11 is 0. The van der Waals surface area contributed by atoms with Gasteiger partial charge in [0.15, 0.2) is 0 Å². The molecule has 1 saturated heterocycles. The Balaban J connectivity index is 1.63. The number of rotatable bonds is 3. The topological polar surface area (TPSA) is 95.3 Å². The van der Waals surface area contributed by atoms with Crippen LogP contribution < -0.4 is 5.73 Å². The number of nitrogens with one attached hydrogen (secondary N) is 1. The van der Waals surface area contributed by atoms with Crippen molar-refractivity contribution in [1.29, 1.82) is 0 Å². The zero-order chi connectivity index (χ0) is 15.7. The number of H-pyrrole nitrogens is 1. The third-order valence-electron chi connectivity index (χ3n) is 4.87. The minimum Gasteiger partial charge on any atom is -0.369 e. The Kier molecular flexibility index (Phi) is 4.15. The summed E-state index contributed by atoms with van der Waals surface area (Å²) in [6.07, 6.45) is 4.35. The number of fused-ring (bicyclic) bond motifs is 1. The van der Waals surface area contributed by atoms with E-state index in [1.54, 1.807) is 4.90 Å². The maximum Gasteiger partial charge on any atom is 0.239 e. The lowest BCUT2D eigenvalue weighted by Gasteiger charge is -2.37. The van der Waals surface area contributed by atoms with E-state index in [1.807, 2.05) is 13.1 Å². The van der Waals surface area contributed by atoms with Crippen LogP contribution in [-0.2, 0) is 22.6 Å². The molecule has 0 spiro atoms. The average Bonchev–Trinajstić information content (AvgIpc) is 3.01. The molecule has 120 valence electrons. The SMILES string of the molecule is CC(C(=O)N1CCCC(C(N)=O)C1)N1CCc2[nH]ncc2C1. The molecule has 2 aliphatic rings. The highest BCUT2D eigenvalue weighted by Gasteiger charge is 2.32. The molecule has 2 unspecified atom stereocenters. The van der Waals surface area contributed by atoms with Crippen LogP contribution in [0.2, 0.25) is 0 Å². The monoisotopic (exact) mass is 305 g/mol. The van der Waals surface area contributed by atoms with Gasteiger partial charge in [0.2, 0.25) is 11.8 Å². The fraction of sp³-hybridized carbons (Fsp3) is 0.667. The summed E-state index contributed by atoms with van der Waals surface area (Å²) in [5, 5.41) is 7.07. The van der Waals surface area contributed by atoms with Gasteiger partial charge in [-0.1, -0.05) is 0 Å². The van der Waals surface area contributed by atoms with Gasteiger partial charge in [-0.15, -0.1) is 0 Å². The molecule has 0 radical (unpaired) electrons. The van der Waals surface area contributed by atoms with Crippen LogP contribution in [0.5, 0.6) is 0 Å². The maximum absolute atomic E-state index is 12.7. The lowest BCUT2D eigenvalue weighted by atomic mass is 9.96. The number of primary amides is 1. The van der Waals surface area contributed by atoms with E-state index in [1.165, 1.54) is 11.3 Å². The quantitative estimate of drug-likeness (QED) is 0.814. The number of carbonyl (C=O) groups excluding carboxylic acids is 2. The second-order valence-corrected chi connectivity index (χ2v) is 6.30. The number of piperidine rings is 1. The molecule has 0 saturated carbocycles. The van der Waals surface area contributed by atoms with E-state index < -0.39 is 0 Å². The highest BCUT2D eigenvalue weighted by molar-refractivity contribution is 5.83. The van der Waals surface area contributed by atoms with Crippen LogP contribution in [0.3, 0.4) is 0 Å². The Morgan fingerprint density at radius 2 is 2.27 bits per heavy atom. The molecule has 3 N–H and O–H groups in total. The summed E-state index contributed by atoms with van der Waals surface area (Å²) in [7, 11) is 0. The third kappa shape index (κ3) is 2.85. The lowest BCUT2D eigenvalue weighted by molar-refractivity contribution is -0.140. The highest BCUT2D eigenvalue weighted by Crippen LogP contribution is 2.21.